The average Bonchev–Trinajstić information content (AvgIpc) is 2.89. The number of rotatable bonds is 9. The minimum Gasteiger partial charge on any atom is -0.464 e. The smallest absolute Gasteiger partial charge is 0.354 e. The quantitative estimate of drug-likeness (QED) is 0.495. The van der Waals surface area contributed by atoms with Crippen LogP contribution in [0.4, 0.5) is 0 Å². The van der Waals surface area contributed by atoms with E-state index in [1.54, 1.807) is 32.4 Å². The number of hydrogen-bond acceptors (Lipinski definition) is 5. The largest absolute Gasteiger partial charge is 0.464 e. The molecule has 1 rings (SSSR count). The Balaban J connectivity index is 3.36. The van der Waals surface area contributed by atoms with Gasteiger partial charge in [0.2, 0.25) is 5.91 Å². The summed E-state index contributed by atoms with van der Waals surface area (Å²) in [4.78, 5) is 39.2. The van der Waals surface area contributed by atoms with Crippen molar-refractivity contribution in [2.75, 3.05) is 27.4 Å². The summed E-state index contributed by atoms with van der Waals surface area (Å²) in [6.45, 7) is 10.2. The first-order valence-corrected chi connectivity index (χ1v) is 8.87. The van der Waals surface area contributed by atoms with E-state index in [0.717, 1.165) is 0 Å². The van der Waals surface area contributed by atoms with E-state index in [2.05, 4.69) is 0 Å². The molecule has 7 heteroatoms. The van der Waals surface area contributed by atoms with Crippen LogP contribution in [0.25, 0.3) is 0 Å². The second kappa shape index (κ2) is 9.52. The van der Waals surface area contributed by atoms with Crippen LogP contribution < -0.4 is 0 Å². The molecule has 0 fully saturated rings. The first-order valence-electron chi connectivity index (χ1n) is 8.87. The maximum absolute atomic E-state index is 13.2. The minimum atomic E-state index is -0.645. The lowest BCUT2D eigenvalue weighted by Gasteiger charge is -2.28. The third-order valence-corrected chi connectivity index (χ3v) is 4.71. The molecule has 0 aliphatic heterocycles. The predicted molar refractivity (Wildman–Crippen MR) is 98.6 cm³/mol. The molecule has 26 heavy (non-hydrogen) atoms. The van der Waals surface area contributed by atoms with Crippen molar-refractivity contribution in [3.8, 4) is 0 Å². The van der Waals surface area contributed by atoms with Gasteiger partial charge in [0.15, 0.2) is 5.78 Å². The van der Waals surface area contributed by atoms with Crippen molar-refractivity contribution in [1.82, 2.24) is 9.47 Å². The van der Waals surface area contributed by atoms with E-state index in [4.69, 9.17) is 9.47 Å². The van der Waals surface area contributed by atoms with E-state index in [-0.39, 0.29) is 11.7 Å². The molecule has 0 saturated heterocycles. The van der Waals surface area contributed by atoms with E-state index in [9.17, 15) is 14.4 Å². The van der Waals surface area contributed by atoms with Crippen molar-refractivity contribution in [2.24, 2.45) is 0 Å². The highest BCUT2D eigenvalue weighted by molar-refractivity contribution is 6.06. The summed E-state index contributed by atoms with van der Waals surface area (Å²) >= 11 is 0. The van der Waals surface area contributed by atoms with Gasteiger partial charge in [0.05, 0.1) is 19.8 Å². The number of carbonyl (C=O) groups is 3. The van der Waals surface area contributed by atoms with Gasteiger partial charge in [-0.1, -0.05) is 6.92 Å². The van der Waals surface area contributed by atoms with E-state index < -0.39 is 12.0 Å². The monoisotopic (exact) mass is 366 g/mol. The van der Waals surface area contributed by atoms with Crippen molar-refractivity contribution in [2.45, 2.75) is 53.6 Å². The maximum Gasteiger partial charge on any atom is 0.354 e. The summed E-state index contributed by atoms with van der Waals surface area (Å²) in [5.41, 5.74) is 2.15. The molecule has 7 nitrogen and oxygen atoms in total. The molecule has 0 aliphatic rings. The van der Waals surface area contributed by atoms with Gasteiger partial charge in [-0.25, -0.2) is 4.79 Å². The lowest BCUT2D eigenvalue weighted by Crippen LogP contribution is -2.45. The van der Waals surface area contributed by atoms with Crippen molar-refractivity contribution >= 4 is 17.7 Å². The molecule has 0 N–H and O–H groups in total. The highest BCUT2D eigenvalue weighted by Crippen LogP contribution is 2.25. The Hall–Kier alpha value is -2.15. The molecule has 0 bridgehead atoms. The van der Waals surface area contributed by atoms with Crippen LogP contribution >= 0.6 is 0 Å². The normalized spacial score (nSPS) is 12.0. The lowest BCUT2D eigenvalue weighted by molar-refractivity contribution is -0.132. The van der Waals surface area contributed by atoms with Gasteiger partial charge in [0, 0.05) is 37.9 Å². The Morgan fingerprint density at radius 1 is 1.15 bits per heavy atom. The van der Waals surface area contributed by atoms with Gasteiger partial charge in [0.1, 0.15) is 5.69 Å². The number of carbonyl (C=O) groups excluding carboxylic acids is 3. The Morgan fingerprint density at radius 3 is 2.23 bits per heavy atom. The highest BCUT2D eigenvalue weighted by atomic mass is 16.5. The molecule has 1 unspecified atom stereocenters. The zero-order chi connectivity index (χ0) is 20.0. The van der Waals surface area contributed by atoms with Crippen molar-refractivity contribution in [1.29, 1.82) is 0 Å². The fraction of sp³-hybridized carbons (Fsp3) is 0.632. The van der Waals surface area contributed by atoms with Crippen LogP contribution in [-0.4, -0.2) is 60.5 Å². The second-order valence-corrected chi connectivity index (χ2v) is 6.14. The predicted octanol–water partition coefficient (Wildman–Crippen LogP) is 2.37. The van der Waals surface area contributed by atoms with Crippen LogP contribution in [0.2, 0.25) is 0 Å². The number of ether oxygens (including phenoxy) is 2. The van der Waals surface area contributed by atoms with Gasteiger partial charge in [-0.15, -0.1) is 0 Å². The van der Waals surface area contributed by atoms with Crippen LogP contribution in [0.3, 0.4) is 0 Å². The van der Waals surface area contributed by atoms with Gasteiger partial charge in [-0.3, -0.25) is 9.59 Å². The van der Waals surface area contributed by atoms with Crippen LogP contribution in [0, 0.1) is 13.8 Å². The molecular weight excluding hydrogens is 336 g/mol. The zero-order valence-electron chi connectivity index (χ0n) is 16.8. The number of methoxy groups -OCH3 is 2. The standard InChI is InChI=1S/C19H30N2O5/c1-8-15(22)21(10-11-25-6)14(5)18(23)16-12(3)17(19(24)26-7)20(9-2)13(16)4/h14H,8-11H2,1-7H3. The number of amides is 1. The molecule has 1 heterocycles. The second-order valence-electron chi connectivity index (χ2n) is 6.14. The van der Waals surface area contributed by atoms with Crippen molar-refractivity contribution < 1.29 is 23.9 Å². The fourth-order valence-electron chi connectivity index (χ4n) is 3.29. The molecule has 0 radical (unpaired) electrons. The molecule has 0 aliphatic carbocycles. The van der Waals surface area contributed by atoms with Crippen LogP contribution in [0.5, 0.6) is 0 Å². The number of Topliss-reactive ketones (excluding diaryl/α,β-unsaturated/α-hetero) is 1. The molecule has 0 aromatic carbocycles. The topological polar surface area (TPSA) is 77.8 Å². The average molecular weight is 366 g/mol. The molecule has 1 aromatic rings. The Bertz CT molecular complexity index is 678. The highest BCUT2D eigenvalue weighted by Gasteiger charge is 2.32. The van der Waals surface area contributed by atoms with Crippen LogP contribution in [0.15, 0.2) is 0 Å². The third-order valence-electron chi connectivity index (χ3n) is 4.71. The van der Waals surface area contributed by atoms with Gasteiger partial charge in [-0.05, 0) is 33.3 Å². The van der Waals surface area contributed by atoms with E-state index in [1.807, 2.05) is 13.8 Å². The molecule has 0 saturated carbocycles. The molecule has 1 atom stereocenters. The van der Waals surface area contributed by atoms with Crippen LogP contribution in [0.1, 0.15) is 59.3 Å². The summed E-state index contributed by atoms with van der Waals surface area (Å²) in [6.07, 6.45) is 0.308. The van der Waals surface area contributed by atoms with E-state index in [0.29, 0.717) is 48.6 Å². The van der Waals surface area contributed by atoms with Crippen molar-refractivity contribution in [3.63, 3.8) is 0 Å². The molecule has 146 valence electrons. The number of hydrogen-bond donors (Lipinski definition) is 0. The first kappa shape index (κ1) is 21.9. The SMILES string of the molecule is CCC(=O)N(CCOC)C(C)C(=O)c1c(C)c(C(=O)OC)n(CC)c1C. The zero-order valence-corrected chi connectivity index (χ0v) is 16.8. The number of aromatic nitrogens is 1. The van der Waals surface area contributed by atoms with Gasteiger partial charge < -0.3 is 18.9 Å². The first-order chi connectivity index (χ1) is 12.3. The summed E-state index contributed by atoms with van der Waals surface area (Å²) in [6, 6.07) is -0.645. The van der Waals surface area contributed by atoms with E-state index >= 15 is 0 Å². The number of nitrogens with zero attached hydrogens (tertiary/aromatic N) is 2. The van der Waals surface area contributed by atoms with Gasteiger partial charge in [-0.2, -0.15) is 0 Å². The van der Waals surface area contributed by atoms with Crippen LogP contribution in [-0.2, 0) is 20.8 Å². The summed E-state index contributed by atoms with van der Waals surface area (Å²) in [5, 5.41) is 0. The Kier molecular flexibility index (Phi) is 8.02. The molecule has 0 spiro atoms. The van der Waals surface area contributed by atoms with Crippen molar-refractivity contribution in [3.05, 3.63) is 22.5 Å². The summed E-state index contributed by atoms with van der Waals surface area (Å²) in [5.74, 6) is -0.767. The van der Waals surface area contributed by atoms with E-state index in [1.165, 1.54) is 12.0 Å². The van der Waals surface area contributed by atoms with Gasteiger partial charge >= 0.3 is 5.97 Å². The number of ketones is 1. The lowest BCUT2D eigenvalue weighted by atomic mass is 9.99. The van der Waals surface area contributed by atoms with Gasteiger partial charge in [0.25, 0.3) is 0 Å². The molecular formula is C19H30N2O5. The summed E-state index contributed by atoms with van der Waals surface area (Å²) < 4.78 is 11.7. The number of esters is 1. The Morgan fingerprint density at radius 2 is 1.77 bits per heavy atom. The maximum atomic E-state index is 13.2. The third kappa shape index (κ3) is 4.15. The molecule has 1 aromatic heterocycles. The molecule has 1 amide bonds. The fourth-order valence-corrected chi connectivity index (χ4v) is 3.29. The Labute approximate surface area is 155 Å². The summed E-state index contributed by atoms with van der Waals surface area (Å²) in [7, 11) is 2.88. The minimum absolute atomic E-state index is 0.110.